The minimum atomic E-state index is -0.418. The van der Waals surface area contributed by atoms with Gasteiger partial charge in [-0.05, 0) is 13.0 Å². The van der Waals surface area contributed by atoms with Crippen molar-refractivity contribution in [2.45, 2.75) is 6.92 Å². The van der Waals surface area contributed by atoms with Gasteiger partial charge in [-0.3, -0.25) is 4.68 Å². The summed E-state index contributed by atoms with van der Waals surface area (Å²) in [4.78, 5) is 16.0. The van der Waals surface area contributed by atoms with Crippen molar-refractivity contribution in [3.8, 4) is 11.3 Å². The second-order valence-electron chi connectivity index (χ2n) is 4.25. The largest absolute Gasteiger partial charge is 0.462 e. The highest BCUT2D eigenvalue weighted by atomic mass is 16.5. The van der Waals surface area contributed by atoms with E-state index in [2.05, 4.69) is 15.2 Å². The Morgan fingerprint density at radius 2 is 2.20 bits per heavy atom. The lowest BCUT2D eigenvalue weighted by Gasteiger charge is -2.02. The molecule has 0 aliphatic carbocycles. The molecule has 0 N–H and O–H groups in total. The SMILES string of the molecule is CCOC(=O)c1cnn2c(-c3cnn(C)c3)ccnc12. The zero-order chi connectivity index (χ0) is 14.1. The van der Waals surface area contributed by atoms with Crippen LogP contribution < -0.4 is 0 Å². The Labute approximate surface area is 114 Å². The second kappa shape index (κ2) is 4.76. The predicted octanol–water partition coefficient (Wildman–Crippen LogP) is 1.31. The van der Waals surface area contributed by atoms with Gasteiger partial charge in [0, 0.05) is 25.0 Å². The van der Waals surface area contributed by atoms with Crippen molar-refractivity contribution in [3.05, 3.63) is 36.4 Å². The molecule has 0 radical (unpaired) electrons. The summed E-state index contributed by atoms with van der Waals surface area (Å²) in [5.74, 6) is -0.418. The molecule has 0 atom stereocenters. The van der Waals surface area contributed by atoms with Gasteiger partial charge in [0.25, 0.3) is 0 Å². The van der Waals surface area contributed by atoms with Crippen LogP contribution in [-0.4, -0.2) is 37.0 Å². The van der Waals surface area contributed by atoms with E-state index in [4.69, 9.17) is 4.74 Å². The van der Waals surface area contributed by atoms with Crippen molar-refractivity contribution in [1.29, 1.82) is 0 Å². The molecule has 3 heterocycles. The van der Waals surface area contributed by atoms with E-state index in [1.807, 2.05) is 19.3 Å². The normalized spacial score (nSPS) is 10.9. The molecule has 0 aliphatic heterocycles. The molecule has 0 saturated carbocycles. The van der Waals surface area contributed by atoms with Gasteiger partial charge in [-0.15, -0.1) is 0 Å². The maximum Gasteiger partial charge on any atom is 0.343 e. The van der Waals surface area contributed by atoms with E-state index in [1.165, 1.54) is 6.20 Å². The van der Waals surface area contributed by atoms with E-state index < -0.39 is 5.97 Å². The quantitative estimate of drug-likeness (QED) is 0.671. The summed E-state index contributed by atoms with van der Waals surface area (Å²) in [7, 11) is 1.84. The fraction of sp³-hybridized carbons (Fsp3) is 0.231. The minimum Gasteiger partial charge on any atom is -0.462 e. The van der Waals surface area contributed by atoms with E-state index >= 15 is 0 Å². The molecule has 0 aliphatic rings. The van der Waals surface area contributed by atoms with Crippen LogP contribution in [0.4, 0.5) is 0 Å². The van der Waals surface area contributed by atoms with Crippen molar-refractivity contribution in [3.63, 3.8) is 0 Å². The summed E-state index contributed by atoms with van der Waals surface area (Å²) in [5.41, 5.74) is 2.56. The minimum absolute atomic E-state index is 0.318. The topological polar surface area (TPSA) is 74.3 Å². The lowest BCUT2D eigenvalue weighted by Crippen LogP contribution is -2.05. The van der Waals surface area contributed by atoms with Crippen molar-refractivity contribution in [2.24, 2.45) is 7.05 Å². The number of nitrogens with zero attached hydrogens (tertiary/aromatic N) is 5. The highest BCUT2D eigenvalue weighted by Crippen LogP contribution is 2.20. The fourth-order valence-electron chi connectivity index (χ4n) is 2.02. The Kier molecular flexibility index (Phi) is 2.94. The molecule has 0 saturated heterocycles. The van der Waals surface area contributed by atoms with Crippen molar-refractivity contribution >= 4 is 11.6 Å². The number of carbonyl (C=O) groups is 1. The first kappa shape index (κ1) is 12.3. The van der Waals surface area contributed by atoms with E-state index in [9.17, 15) is 4.79 Å². The lowest BCUT2D eigenvalue weighted by molar-refractivity contribution is 0.0528. The van der Waals surface area contributed by atoms with Crippen LogP contribution in [0.25, 0.3) is 16.9 Å². The fourth-order valence-corrected chi connectivity index (χ4v) is 2.02. The van der Waals surface area contributed by atoms with Gasteiger partial charge < -0.3 is 4.74 Å². The number of aryl methyl sites for hydroxylation is 1. The number of rotatable bonds is 3. The summed E-state index contributed by atoms with van der Waals surface area (Å²) >= 11 is 0. The molecule has 0 aromatic carbocycles. The van der Waals surface area contributed by atoms with Crippen LogP contribution in [0.15, 0.2) is 30.9 Å². The summed E-state index contributed by atoms with van der Waals surface area (Å²) in [6.07, 6.45) is 6.73. The third-order valence-corrected chi connectivity index (χ3v) is 2.90. The van der Waals surface area contributed by atoms with E-state index in [-0.39, 0.29) is 0 Å². The summed E-state index contributed by atoms with van der Waals surface area (Å²) in [6.45, 7) is 2.08. The average molecular weight is 271 g/mol. The molecular formula is C13H13N5O2. The number of aromatic nitrogens is 5. The van der Waals surface area contributed by atoms with Gasteiger partial charge >= 0.3 is 5.97 Å². The van der Waals surface area contributed by atoms with Crippen molar-refractivity contribution in [1.82, 2.24) is 24.4 Å². The Morgan fingerprint density at radius 1 is 1.35 bits per heavy atom. The molecule has 7 heteroatoms. The predicted molar refractivity (Wildman–Crippen MR) is 71.1 cm³/mol. The van der Waals surface area contributed by atoms with E-state index in [1.54, 1.807) is 28.5 Å². The van der Waals surface area contributed by atoms with Crippen molar-refractivity contribution in [2.75, 3.05) is 6.61 Å². The molecule has 3 aromatic heterocycles. The Balaban J connectivity index is 2.15. The van der Waals surface area contributed by atoms with Crippen LogP contribution in [0.3, 0.4) is 0 Å². The Morgan fingerprint density at radius 3 is 2.90 bits per heavy atom. The molecule has 0 amide bonds. The second-order valence-corrected chi connectivity index (χ2v) is 4.25. The highest BCUT2D eigenvalue weighted by molar-refractivity contribution is 5.95. The summed E-state index contributed by atoms with van der Waals surface area (Å²) in [5, 5.41) is 8.36. The zero-order valence-corrected chi connectivity index (χ0v) is 11.1. The van der Waals surface area contributed by atoms with Crippen LogP contribution in [0.5, 0.6) is 0 Å². The lowest BCUT2D eigenvalue weighted by atomic mass is 10.2. The van der Waals surface area contributed by atoms with Crippen LogP contribution in [0.2, 0.25) is 0 Å². The Bertz CT molecular complexity index is 774. The third kappa shape index (κ3) is 1.93. The van der Waals surface area contributed by atoms with Crippen LogP contribution in [-0.2, 0) is 11.8 Å². The van der Waals surface area contributed by atoms with Gasteiger partial charge in [-0.25, -0.2) is 14.3 Å². The van der Waals surface area contributed by atoms with Gasteiger partial charge in [0.1, 0.15) is 5.56 Å². The number of esters is 1. The number of hydrogen-bond donors (Lipinski definition) is 0. The van der Waals surface area contributed by atoms with Gasteiger partial charge in [0.2, 0.25) is 0 Å². The smallest absolute Gasteiger partial charge is 0.343 e. The van der Waals surface area contributed by atoms with Gasteiger partial charge in [0.15, 0.2) is 5.65 Å². The Hall–Kier alpha value is -2.70. The number of hydrogen-bond acceptors (Lipinski definition) is 5. The first-order chi connectivity index (χ1) is 9.70. The monoisotopic (exact) mass is 271 g/mol. The van der Waals surface area contributed by atoms with Gasteiger partial charge in [-0.1, -0.05) is 0 Å². The first-order valence-electron chi connectivity index (χ1n) is 6.19. The molecular weight excluding hydrogens is 258 g/mol. The summed E-state index contributed by atoms with van der Waals surface area (Å²) in [6, 6.07) is 1.83. The molecule has 0 bridgehead atoms. The van der Waals surface area contributed by atoms with E-state index in [0.29, 0.717) is 17.8 Å². The highest BCUT2D eigenvalue weighted by Gasteiger charge is 2.17. The average Bonchev–Trinajstić information content (AvgIpc) is 3.04. The van der Waals surface area contributed by atoms with Gasteiger partial charge in [0.05, 0.1) is 24.7 Å². The molecule has 0 unspecified atom stereocenters. The van der Waals surface area contributed by atoms with Gasteiger partial charge in [-0.2, -0.15) is 10.2 Å². The number of fused-ring (bicyclic) bond motifs is 1. The van der Waals surface area contributed by atoms with E-state index in [0.717, 1.165) is 11.3 Å². The standard InChI is InChI=1S/C13H13N5O2/c1-3-20-13(19)10-7-16-18-11(4-5-14-12(10)18)9-6-15-17(2)8-9/h4-8H,3H2,1-2H3. The zero-order valence-electron chi connectivity index (χ0n) is 11.1. The first-order valence-corrected chi connectivity index (χ1v) is 6.19. The molecule has 7 nitrogen and oxygen atoms in total. The summed E-state index contributed by atoms with van der Waals surface area (Å²) < 4.78 is 8.32. The third-order valence-electron chi connectivity index (χ3n) is 2.90. The van der Waals surface area contributed by atoms with Crippen LogP contribution >= 0.6 is 0 Å². The number of carbonyl (C=O) groups excluding carboxylic acids is 1. The molecule has 102 valence electrons. The maximum absolute atomic E-state index is 11.8. The molecule has 0 fully saturated rings. The molecule has 20 heavy (non-hydrogen) atoms. The van der Waals surface area contributed by atoms with Crippen LogP contribution in [0.1, 0.15) is 17.3 Å². The van der Waals surface area contributed by atoms with Crippen molar-refractivity contribution < 1.29 is 9.53 Å². The maximum atomic E-state index is 11.8. The number of ether oxygens (including phenoxy) is 1. The molecule has 0 spiro atoms. The molecule has 3 rings (SSSR count). The van der Waals surface area contributed by atoms with Crippen LogP contribution in [0, 0.1) is 0 Å². The molecule has 3 aromatic rings.